The van der Waals surface area contributed by atoms with Crippen LogP contribution in [-0.2, 0) is 41.6 Å². The molecule has 0 amide bonds. The van der Waals surface area contributed by atoms with Crippen molar-refractivity contribution < 1.29 is 32.2 Å². The Kier molecular flexibility index (Phi) is 6.66. The van der Waals surface area contributed by atoms with E-state index in [0.717, 1.165) is 27.9 Å². The van der Waals surface area contributed by atoms with Gasteiger partial charge in [-0.05, 0) is 41.7 Å². The molecule has 204 valence electrons. The number of carbonyl (C=O) groups excluding carboxylic acids is 1. The second-order valence-electron chi connectivity index (χ2n) is 10.2. The summed E-state index contributed by atoms with van der Waals surface area (Å²) < 4.78 is 59.2. The third kappa shape index (κ3) is 5.05. The Bertz CT molecular complexity index is 1410. The minimum absolute atomic E-state index is 0.0784. The molecular formula is C29H28F3N3O4. The molecular weight excluding hydrogens is 511 g/mol. The average molecular weight is 540 g/mol. The van der Waals surface area contributed by atoms with E-state index >= 15 is 0 Å². The fourth-order valence-electron chi connectivity index (χ4n) is 5.94. The van der Waals surface area contributed by atoms with Crippen LogP contribution in [0.25, 0.3) is 0 Å². The van der Waals surface area contributed by atoms with Crippen LogP contribution in [0.5, 0.6) is 11.5 Å². The van der Waals surface area contributed by atoms with E-state index in [4.69, 9.17) is 14.2 Å². The number of hydrogen-bond acceptors (Lipinski definition) is 7. The van der Waals surface area contributed by atoms with Gasteiger partial charge in [-0.25, -0.2) is 9.97 Å². The molecule has 3 aromatic rings. The number of ether oxygens (including phenoxy) is 3. The van der Waals surface area contributed by atoms with E-state index in [9.17, 15) is 18.0 Å². The summed E-state index contributed by atoms with van der Waals surface area (Å²) >= 11 is 0. The summed E-state index contributed by atoms with van der Waals surface area (Å²) in [6, 6.07) is 8.27. The highest BCUT2D eigenvalue weighted by Gasteiger charge is 2.38. The maximum Gasteiger partial charge on any atom is 0.416 e. The molecule has 0 unspecified atom stereocenters. The number of aromatic nitrogens is 2. The fraction of sp³-hybridized carbons (Fsp3) is 0.414. The summed E-state index contributed by atoms with van der Waals surface area (Å²) in [5.41, 5.74) is 4.10. The van der Waals surface area contributed by atoms with Gasteiger partial charge in [0.2, 0.25) is 0 Å². The lowest BCUT2D eigenvalue weighted by molar-refractivity contribution is -0.141. The van der Waals surface area contributed by atoms with Gasteiger partial charge in [0.05, 0.1) is 25.7 Å². The van der Waals surface area contributed by atoms with Crippen molar-refractivity contribution >= 4 is 5.97 Å². The molecule has 1 aliphatic carbocycles. The van der Waals surface area contributed by atoms with Crippen LogP contribution in [0.3, 0.4) is 0 Å². The van der Waals surface area contributed by atoms with E-state index in [1.54, 1.807) is 18.3 Å². The number of hydrogen-bond donors (Lipinski definition) is 0. The summed E-state index contributed by atoms with van der Waals surface area (Å²) in [4.78, 5) is 22.1. The monoisotopic (exact) mass is 539 g/mol. The van der Waals surface area contributed by atoms with Crippen LogP contribution in [0.4, 0.5) is 13.2 Å². The van der Waals surface area contributed by atoms with Gasteiger partial charge in [0.1, 0.15) is 23.9 Å². The minimum Gasteiger partial charge on any atom is -0.492 e. The molecule has 2 aromatic carbocycles. The molecule has 1 aromatic heterocycles. The van der Waals surface area contributed by atoms with Gasteiger partial charge >= 0.3 is 12.1 Å². The van der Waals surface area contributed by atoms with E-state index in [2.05, 4.69) is 9.97 Å². The third-order valence-electron chi connectivity index (χ3n) is 7.88. The lowest BCUT2D eigenvalue weighted by atomic mass is 9.95. The molecule has 3 aliphatic rings. The van der Waals surface area contributed by atoms with Crippen LogP contribution in [-0.4, -0.2) is 41.1 Å². The van der Waals surface area contributed by atoms with Crippen molar-refractivity contribution in [3.05, 3.63) is 81.9 Å². The maximum absolute atomic E-state index is 14.1. The highest BCUT2D eigenvalue weighted by molar-refractivity contribution is 5.71. The largest absolute Gasteiger partial charge is 0.492 e. The minimum atomic E-state index is -4.45. The van der Waals surface area contributed by atoms with E-state index in [-0.39, 0.29) is 31.0 Å². The fourth-order valence-corrected chi connectivity index (χ4v) is 5.94. The number of rotatable bonds is 6. The third-order valence-corrected chi connectivity index (χ3v) is 7.88. The summed E-state index contributed by atoms with van der Waals surface area (Å²) in [6.45, 7) is 1.74. The topological polar surface area (TPSA) is 73.8 Å². The molecule has 2 atom stereocenters. The Balaban J connectivity index is 1.24. The molecule has 0 saturated heterocycles. The van der Waals surface area contributed by atoms with Gasteiger partial charge in [-0.2, -0.15) is 13.2 Å². The molecule has 0 bridgehead atoms. The van der Waals surface area contributed by atoms with E-state index in [1.165, 1.54) is 19.5 Å². The summed E-state index contributed by atoms with van der Waals surface area (Å²) in [5.74, 6) is 0.863. The average Bonchev–Trinajstić information content (AvgIpc) is 3.52. The predicted molar refractivity (Wildman–Crippen MR) is 134 cm³/mol. The zero-order chi connectivity index (χ0) is 27.1. The van der Waals surface area contributed by atoms with Crippen LogP contribution < -0.4 is 9.47 Å². The van der Waals surface area contributed by atoms with Crippen molar-refractivity contribution in [2.75, 3.05) is 20.3 Å². The van der Waals surface area contributed by atoms with Gasteiger partial charge in [0, 0.05) is 61.1 Å². The van der Waals surface area contributed by atoms with Gasteiger partial charge in [-0.15, -0.1) is 0 Å². The number of nitrogens with zero attached hydrogens (tertiary/aromatic N) is 3. The first-order valence-corrected chi connectivity index (χ1v) is 13.0. The van der Waals surface area contributed by atoms with Gasteiger partial charge in [-0.3, -0.25) is 9.69 Å². The second-order valence-corrected chi connectivity index (χ2v) is 10.2. The van der Waals surface area contributed by atoms with Crippen molar-refractivity contribution in [1.82, 2.24) is 14.9 Å². The standard InChI is InChI=1S/C29H28F3N3O4/c1-37-28(36)10-17-15-38-27-11-19(2-3-20(17)27)39-26-7-5-21-22(26)4-6-24(29(30,31)32)23(21)14-35-9-8-25-18(13-35)12-33-16-34-25/h2-4,6,11-12,16-17,26H,5,7-10,13-15H2,1H3/t17-,26-/m1/s1. The first-order valence-electron chi connectivity index (χ1n) is 13.0. The Hall–Kier alpha value is -3.66. The normalized spacial score (nSPS) is 20.1. The molecule has 0 spiro atoms. The van der Waals surface area contributed by atoms with E-state index in [1.807, 2.05) is 17.0 Å². The Morgan fingerprint density at radius 2 is 2.03 bits per heavy atom. The lowest BCUT2D eigenvalue weighted by Gasteiger charge is -2.29. The maximum atomic E-state index is 14.1. The Morgan fingerprint density at radius 1 is 1.18 bits per heavy atom. The number of halogens is 3. The summed E-state index contributed by atoms with van der Waals surface area (Å²) in [5, 5.41) is 0. The highest BCUT2D eigenvalue weighted by atomic mass is 19.4. The molecule has 0 N–H and O–H groups in total. The molecule has 3 heterocycles. The van der Waals surface area contributed by atoms with E-state index < -0.39 is 11.7 Å². The van der Waals surface area contributed by atoms with Crippen LogP contribution in [0, 0.1) is 0 Å². The molecule has 0 radical (unpaired) electrons. The molecule has 6 rings (SSSR count). The van der Waals surface area contributed by atoms with Gasteiger partial charge < -0.3 is 14.2 Å². The van der Waals surface area contributed by atoms with Crippen LogP contribution in [0.2, 0.25) is 0 Å². The first kappa shape index (κ1) is 25.6. The zero-order valence-corrected chi connectivity index (χ0v) is 21.5. The number of benzene rings is 2. The lowest BCUT2D eigenvalue weighted by Crippen LogP contribution is -2.32. The van der Waals surface area contributed by atoms with Crippen molar-refractivity contribution in [3.8, 4) is 11.5 Å². The molecule has 0 fully saturated rings. The molecule has 7 nitrogen and oxygen atoms in total. The van der Waals surface area contributed by atoms with Crippen LogP contribution in [0.1, 0.15) is 63.9 Å². The van der Waals surface area contributed by atoms with Crippen molar-refractivity contribution in [2.45, 2.75) is 57.0 Å². The number of methoxy groups -OCH3 is 1. The SMILES string of the molecule is COC(=O)C[C@@H]1COc2cc(O[C@@H]3CCc4c3ccc(C(F)(F)F)c4CN3CCc4ncncc4C3)ccc21. The molecule has 2 aliphatic heterocycles. The first-order chi connectivity index (χ1) is 18.8. The quantitative estimate of drug-likeness (QED) is 0.401. The molecule has 39 heavy (non-hydrogen) atoms. The van der Waals surface area contributed by atoms with Crippen molar-refractivity contribution in [2.24, 2.45) is 0 Å². The number of esters is 1. The smallest absolute Gasteiger partial charge is 0.416 e. The molecule has 10 heteroatoms. The summed E-state index contributed by atoms with van der Waals surface area (Å²) in [7, 11) is 1.36. The highest BCUT2D eigenvalue weighted by Crippen LogP contribution is 2.44. The van der Waals surface area contributed by atoms with Gasteiger partial charge in [0.25, 0.3) is 0 Å². The Morgan fingerprint density at radius 3 is 2.85 bits per heavy atom. The van der Waals surface area contributed by atoms with Crippen molar-refractivity contribution in [1.29, 1.82) is 0 Å². The van der Waals surface area contributed by atoms with E-state index in [0.29, 0.717) is 56.0 Å². The zero-order valence-electron chi connectivity index (χ0n) is 21.5. The second kappa shape index (κ2) is 10.1. The number of fused-ring (bicyclic) bond motifs is 3. The van der Waals surface area contributed by atoms with Crippen LogP contribution in [0.15, 0.2) is 42.9 Å². The van der Waals surface area contributed by atoms with Crippen molar-refractivity contribution in [3.63, 3.8) is 0 Å². The molecule has 0 saturated carbocycles. The number of carbonyl (C=O) groups is 1. The number of alkyl halides is 3. The van der Waals surface area contributed by atoms with Crippen LogP contribution >= 0.6 is 0 Å². The Labute approximate surface area is 223 Å². The summed E-state index contributed by atoms with van der Waals surface area (Å²) in [6.07, 6.45) is 0.462. The van der Waals surface area contributed by atoms with Gasteiger partial charge in [0.15, 0.2) is 0 Å². The predicted octanol–water partition coefficient (Wildman–Crippen LogP) is 5.16. The van der Waals surface area contributed by atoms with Gasteiger partial charge in [-0.1, -0.05) is 12.1 Å².